The number of rotatable bonds is 10. The lowest BCUT2D eigenvalue weighted by molar-refractivity contribution is -0.140. The highest BCUT2D eigenvalue weighted by Gasteiger charge is 2.46. The second kappa shape index (κ2) is 11.6. The monoisotopic (exact) mass is 502 g/mol. The number of hydrogen-bond acceptors (Lipinski definition) is 7. The molecule has 1 saturated heterocycles. The molecule has 1 amide bonds. The Balaban J connectivity index is 1.79. The van der Waals surface area contributed by atoms with E-state index in [4.69, 9.17) is 14.2 Å². The van der Waals surface area contributed by atoms with Crippen molar-refractivity contribution < 1.29 is 28.9 Å². The number of amides is 1. The number of aliphatic hydroxyl groups is 1. The topological polar surface area (TPSA) is 98.2 Å². The molecule has 0 spiro atoms. The van der Waals surface area contributed by atoms with E-state index in [1.54, 1.807) is 42.7 Å². The molecule has 0 saturated carbocycles. The van der Waals surface area contributed by atoms with Gasteiger partial charge in [-0.15, -0.1) is 0 Å². The van der Waals surface area contributed by atoms with Crippen LogP contribution < -0.4 is 14.2 Å². The van der Waals surface area contributed by atoms with Crippen LogP contribution in [0.2, 0.25) is 0 Å². The summed E-state index contributed by atoms with van der Waals surface area (Å²) >= 11 is 0. The summed E-state index contributed by atoms with van der Waals surface area (Å²) in [7, 11) is 3.00. The van der Waals surface area contributed by atoms with Crippen molar-refractivity contribution in [1.82, 2.24) is 9.88 Å². The summed E-state index contributed by atoms with van der Waals surface area (Å²) in [5.74, 6) is -0.162. The van der Waals surface area contributed by atoms with Crippen LogP contribution in [0.3, 0.4) is 0 Å². The van der Waals surface area contributed by atoms with Gasteiger partial charge >= 0.3 is 0 Å². The van der Waals surface area contributed by atoms with Crippen molar-refractivity contribution in [3.63, 3.8) is 0 Å². The van der Waals surface area contributed by atoms with E-state index in [0.29, 0.717) is 35.0 Å². The second-order valence-electron chi connectivity index (χ2n) is 8.62. The molecule has 1 aliphatic rings. The van der Waals surface area contributed by atoms with E-state index in [0.717, 1.165) is 18.4 Å². The molecule has 1 aliphatic heterocycles. The Morgan fingerprint density at radius 3 is 2.32 bits per heavy atom. The van der Waals surface area contributed by atoms with Crippen LogP contribution in [0.15, 0.2) is 72.6 Å². The third-order valence-corrected chi connectivity index (χ3v) is 6.26. The number of carbonyl (C=O) groups excluding carboxylic acids is 2. The first-order chi connectivity index (χ1) is 18.0. The maximum absolute atomic E-state index is 13.3. The van der Waals surface area contributed by atoms with Gasteiger partial charge in [0.05, 0.1) is 32.4 Å². The zero-order valence-corrected chi connectivity index (χ0v) is 21.1. The number of benzene rings is 2. The molecule has 0 aliphatic carbocycles. The van der Waals surface area contributed by atoms with E-state index in [1.807, 2.05) is 24.3 Å². The van der Waals surface area contributed by atoms with Gasteiger partial charge in [-0.25, -0.2) is 0 Å². The van der Waals surface area contributed by atoms with Crippen LogP contribution in [-0.2, 0) is 16.1 Å². The SMILES string of the molecule is CCCCOc1ccc(C2C(=C(O)c3ccc(OC)c(OC)c3)C(=O)C(=O)N2Cc2ccncc2)cc1. The lowest BCUT2D eigenvalue weighted by Gasteiger charge is -2.25. The summed E-state index contributed by atoms with van der Waals surface area (Å²) in [5, 5.41) is 11.4. The van der Waals surface area contributed by atoms with E-state index in [9.17, 15) is 14.7 Å². The van der Waals surface area contributed by atoms with Crippen LogP contribution in [0.1, 0.15) is 42.5 Å². The number of ether oxygens (including phenoxy) is 3. The van der Waals surface area contributed by atoms with E-state index >= 15 is 0 Å². The summed E-state index contributed by atoms with van der Waals surface area (Å²) < 4.78 is 16.4. The van der Waals surface area contributed by atoms with Gasteiger partial charge < -0.3 is 24.2 Å². The highest BCUT2D eigenvalue weighted by atomic mass is 16.5. The van der Waals surface area contributed by atoms with Crippen molar-refractivity contribution in [1.29, 1.82) is 0 Å². The molecule has 8 heteroatoms. The number of likely N-dealkylation sites (tertiary alicyclic amines) is 1. The first kappa shape index (κ1) is 25.8. The smallest absolute Gasteiger partial charge is 0.295 e. The molecule has 2 aromatic carbocycles. The van der Waals surface area contributed by atoms with Crippen molar-refractivity contribution in [3.8, 4) is 17.2 Å². The fraction of sp³-hybridized carbons (Fsp3) is 0.276. The number of pyridine rings is 1. The van der Waals surface area contributed by atoms with Crippen LogP contribution in [-0.4, -0.2) is 47.5 Å². The third kappa shape index (κ3) is 5.43. The molecular weight excluding hydrogens is 472 g/mol. The molecule has 1 N–H and O–H groups in total. The van der Waals surface area contributed by atoms with Crippen molar-refractivity contribution in [2.75, 3.05) is 20.8 Å². The molecule has 0 radical (unpaired) electrons. The fourth-order valence-corrected chi connectivity index (χ4v) is 4.29. The molecule has 1 unspecified atom stereocenters. The van der Waals surface area contributed by atoms with Gasteiger partial charge in [0.1, 0.15) is 11.5 Å². The summed E-state index contributed by atoms with van der Waals surface area (Å²) in [5.41, 5.74) is 1.83. The van der Waals surface area contributed by atoms with Crippen LogP contribution >= 0.6 is 0 Å². The van der Waals surface area contributed by atoms with Crippen molar-refractivity contribution >= 4 is 17.4 Å². The summed E-state index contributed by atoms with van der Waals surface area (Å²) in [6.07, 6.45) is 5.23. The summed E-state index contributed by atoms with van der Waals surface area (Å²) in [6.45, 7) is 2.88. The number of hydrogen-bond donors (Lipinski definition) is 1. The normalized spacial score (nSPS) is 16.6. The van der Waals surface area contributed by atoms with Gasteiger partial charge in [0.2, 0.25) is 0 Å². The Hall–Kier alpha value is -4.33. The molecular formula is C29H30N2O6. The third-order valence-electron chi connectivity index (χ3n) is 6.26. The maximum atomic E-state index is 13.3. The van der Waals surface area contributed by atoms with Crippen molar-refractivity contribution in [3.05, 3.63) is 89.3 Å². The highest BCUT2D eigenvalue weighted by molar-refractivity contribution is 6.46. The van der Waals surface area contributed by atoms with Crippen LogP contribution in [0.25, 0.3) is 5.76 Å². The molecule has 1 aromatic heterocycles. The van der Waals surface area contributed by atoms with Gasteiger partial charge in [-0.2, -0.15) is 0 Å². The first-order valence-electron chi connectivity index (χ1n) is 12.1. The largest absolute Gasteiger partial charge is 0.507 e. The lowest BCUT2D eigenvalue weighted by Crippen LogP contribution is -2.29. The van der Waals surface area contributed by atoms with Gasteiger partial charge in [0.25, 0.3) is 11.7 Å². The van der Waals surface area contributed by atoms with Crippen LogP contribution in [0, 0.1) is 0 Å². The number of unbranched alkanes of at least 4 members (excludes halogenated alkanes) is 1. The first-order valence-corrected chi connectivity index (χ1v) is 12.1. The van der Waals surface area contributed by atoms with E-state index < -0.39 is 17.7 Å². The Kier molecular flexibility index (Phi) is 8.08. The molecule has 1 fully saturated rings. The van der Waals surface area contributed by atoms with Crippen molar-refractivity contribution in [2.24, 2.45) is 0 Å². The number of methoxy groups -OCH3 is 2. The van der Waals surface area contributed by atoms with Gasteiger partial charge in [-0.05, 0) is 60.0 Å². The molecule has 192 valence electrons. The van der Waals surface area contributed by atoms with Crippen LogP contribution in [0.4, 0.5) is 0 Å². The predicted octanol–water partition coefficient (Wildman–Crippen LogP) is 4.90. The maximum Gasteiger partial charge on any atom is 0.295 e. The standard InChI is InChI=1S/C29H30N2O6/c1-4-5-16-37-22-9-6-20(7-10-22)26-25(27(32)21-8-11-23(35-2)24(17-21)36-3)28(33)29(34)31(26)18-19-12-14-30-15-13-19/h6-15,17,26,32H,4-5,16,18H2,1-3H3. The van der Waals surface area contributed by atoms with E-state index in [2.05, 4.69) is 11.9 Å². The summed E-state index contributed by atoms with van der Waals surface area (Å²) in [6, 6.07) is 14.9. The molecule has 3 aromatic rings. The number of carbonyl (C=O) groups is 2. The highest BCUT2D eigenvalue weighted by Crippen LogP contribution is 2.41. The van der Waals surface area contributed by atoms with Gasteiger partial charge in [-0.3, -0.25) is 14.6 Å². The minimum absolute atomic E-state index is 0.00549. The van der Waals surface area contributed by atoms with Gasteiger partial charge in [0, 0.05) is 24.5 Å². The number of aliphatic hydroxyl groups excluding tert-OH is 1. The Bertz CT molecular complexity index is 1290. The number of aromatic nitrogens is 1. The lowest BCUT2D eigenvalue weighted by atomic mass is 9.95. The number of ketones is 1. The minimum atomic E-state index is -0.800. The van der Waals surface area contributed by atoms with E-state index in [1.165, 1.54) is 19.1 Å². The average molecular weight is 503 g/mol. The minimum Gasteiger partial charge on any atom is -0.507 e. The fourth-order valence-electron chi connectivity index (χ4n) is 4.29. The zero-order chi connectivity index (χ0) is 26.4. The average Bonchev–Trinajstić information content (AvgIpc) is 3.18. The molecule has 1 atom stereocenters. The van der Waals surface area contributed by atoms with Crippen molar-refractivity contribution in [2.45, 2.75) is 32.4 Å². The predicted molar refractivity (Wildman–Crippen MR) is 138 cm³/mol. The number of Topliss-reactive ketones (excluding diaryl/α,β-unsaturated/α-hetero) is 1. The second-order valence-corrected chi connectivity index (χ2v) is 8.62. The van der Waals surface area contributed by atoms with Gasteiger partial charge in [0.15, 0.2) is 11.5 Å². The van der Waals surface area contributed by atoms with Crippen LogP contribution in [0.5, 0.6) is 17.2 Å². The number of nitrogens with zero attached hydrogens (tertiary/aromatic N) is 2. The van der Waals surface area contributed by atoms with Gasteiger partial charge in [-0.1, -0.05) is 25.5 Å². The molecule has 37 heavy (non-hydrogen) atoms. The molecule has 2 heterocycles. The Labute approximate surface area is 216 Å². The zero-order valence-electron chi connectivity index (χ0n) is 21.1. The Morgan fingerprint density at radius 2 is 1.68 bits per heavy atom. The molecule has 8 nitrogen and oxygen atoms in total. The molecule has 0 bridgehead atoms. The van der Waals surface area contributed by atoms with E-state index in [-0.39, 0.29) is 17.9 Å². The Morgan fingerprint density at radius 1 is 0.973 bits per heavy atom. The summed E-state index contributed by atoms with van der Waals surface area (Å²) in [4.78, 5) is 32.1. The molecule has 4 rings (SSSR count). The quantitative estimate of drug-likeness (QED) is 0.182.